The predicted molar refractivity (Wildman–Crippen MR) is 73.9 cm³/mol. The molecule has 0 bridgehead atoms. The number of hydrogen-bond acceptors (Lipinski definition) is 6. The van der Waals surface area contributed by atoms with E-state index >= 15 is 0 Å². The largest absolute Gasteiger partial charge is 0.504 e. The summed E-state index contributed by atoms with van der Waals surface area (Å²) in [6, 6.07) is 6.92. The molecule has 3 heterocycles. The maximum Gasteiger partial charge on any atom is 0.231 e. The number of fused-ring (bicyclic) bond motifs is 6. The summed E-state index contributed by atoms with van der Waals surface area (Å²) >= 11 is 0. The van der Waals surface area contributed by atoms with Crippen LogP contribution in [-0.2, 0) is 0 Å². The molecule has 0 unspecified atom stereocenters. The van der Waals surface area contributed by atoms with Gasteiger partial charge in [0.05, 0.1) is 12.5 Å². The van der Waals surface area contributed by atoms with E-state index in [4.69, 9.17) is 18.9 Å². The zero-order chi connectivity index (χ0) is 14.8. The van der Waals surface area contributed by atoms with E-state index in [-0.39, 0.29) is 36.1 Å². The zero-order valence-electron chi connectivity index (χ0n) is 11.4. The molecule has 6 nitrogen and oxygen atoms in total. The lowest BCUT2D eigenvalue weighted by Crippen LogP contribution is -2.23. The van der Waals surface area contributed by atoms with Gasteiger partial charge in [-0.15, -0.1) is 0 Å². The molecule has 0 saturated heterocycles. The lowest BCUT2D eigenvalue weighted by atomic mass is 9.89. The van der Waals surface area contributed by atoms with Crippen LogP contribution in [0.5, 0.6) is 34.5 Å². The van der Waals surface area contributed by atoms with E-state index in [2.05, 4.69) is 0 Å². The molecule has 2 aromatic rings. The van der Waals surface area contributed by atoms with Crippen molar-refractivity contribution in [2.45, 2.75) is 12.0 Å². The average molecular weight is 300 g/mol. The van der Waals surface area contributed by atoms with Crippen LogP contribution >= 0.6 is 0 Å². The number of phenols is 2. The summed E-state index contributed by atoms with van der Waals surface area (Å²) in [5.41, 5.74) is 1.73. The molecule has 2 N–H and O–H groups in total. The minimum atomic E-state index is -0.257. The molecule has 3 aliphatic rings. The third kappa shape index (κ3) is 1.39. The molecule has 112 valence electrons. The van der Waals surface area contributed by atoms with Crippen molar-refractivity contribution >= 4 is 0 Å². The summed E-state index contributed by atoms with van der Waals surface area (Å²) in [5.74, 6) is 1.98. The molecule has 5 rings (SSSR count). The smallest absolute Gasteiger partial charge is 0.231 e. The third-order valence-corrected chi connectivity index (χ3v) is 4.38. The Kier molecular flexibility index (Phi) is 2.11. The third-order valence-electron chi connectivity index (χ3n) is 4.38. The van der Waals surface area contributed by atoms with Crippen LogP contribution < -0.4 is 18.9 Å². The second-order valence-electron chi connectivity index (χ2n) is 5.55. The van der Waals surface area contributed by atoms with Gasteiger partial charge in [0.15, 0.2) is 23.0 Å². The van der Waals surface area contributed by atoms with E-state index in [1.807, 2.05) is 12.1 Å². The molecule has 0 aliphatic carbocycles. The van der Waals surface area contributed by atoms with Gasteiger partial charge in [-0.05, 0) is 18.2 Å². The van der Waals surface area contributed by atoms with Gasteiger partial charge in [-0.1, -0.05) is 0 Å². The van der Waals surface area contributed by atoms with Gasteiger partial charge in [-0.2, -0.15) is 0 Å². The summed E-state index contributed by atoms with van der Waals surface area (Å²) in [4.78, 5) is 0. The molecule has 3 aliphatic heterocycles. The Balaban J connectivity index is 1.63. The summed E-state index contributed by atoms with van der Waals surface area (Å²) in [5, 5.41) is 19.5. The predicted octanol–water partition coefficient (Wildman–Crippen LogP) is 2.44. The number of ether oxygens (including phenoxy) is 4. The Labute approximate surface area is 125 Å². The minimum Gasteiger partial charge on any atom is -0.504 e. The monoisotopic (exact) mass is 300 g/mol. The van der Waals surface area contributed by atoms with Gasteiger partial charge in [0.25, 0.3) is 0 Å². The summed E-state index contributed by atoms with van der Waals surface area (Å²) in [6.45, 7) is 0.583. The molecule has 0 amide bonds. The topological polar surface area (TPSA) is 77.4 Å². The molecular weight excluding hydrogens is 288 g/mol. The van der Waals surface area contributed by atoms with Crippen molar-refractivity contribution in [3.8, 4) is 34.5 Å². The van der Waals surface area contributed by atoms with E-state index in [1.54, 1.807) is 6.07 Å². The quantitative estimate of drug-likeness (QED) is 0.728. The molecular formula is C16H12O6. The van der Waals surface area contributed by atoms with Crippen molar-refractivity contribution in [2.24, 2.45) is 0 Å². The highest BCUT2D eigenvalue weighted by Gasteiger charge is 2.43. The highest BCUT2D eigenvalue weighted by atomic mass is 16.7. The van der Waals surface area contributed by atoms with Crippen LogP contribution in [0, 0.1) is 0 Å². The first kappa shape index (κ1) is 11.9. The van der Waals surface area contributed by atoms with Crippen molar-refractivity contribution in [1.82, 2.24) is 0 Å². The molecule has 0 radical (unpaired) electrons. The van der Waals surface area contributed by atoms with Crippen molar-refractivity contribution < 1.29 is 29.2 Å². The highest BCUT2D eigenvalue weighted by Crippen LogP contribution is 2.56. The number of hydrogen-bond donors (Lipinski definition) is 2. The van der Waals surface area contributed by atoms with E-state index < -0.39 is 0 Å². The Morgan fingerprint density at radius 3 is 2.59 bits per heavy atom. The minimum absolute atomic E-state index is 0.0148. The van der Waals surface area contributed by atoms with Gasteiger partial charge in [-0.25, -0.2) is 0 Å². The van der Waals surface area contributed by atoms with E-state index in [1.165, 1.54) is 6.07 Å². The van der Waals surface area contributed by atoms with Crippen molar-refractivity contribution in [3.63, 3.8) is 0 Å². The Hall–Kier alpha value is -2.76. The van der Waals surface area contributed by atoms with E-state index in [0.29, 0.717) is 18.1 Å². The van der Waals surface area contributed by atoms with Gasteiger partial charge < -0.3 is 29.2 Å². The van der Waals surface area contributed by atoms with Crippen molar-refractivity contribution in [2.75, 3.05) is 13.4 Å². The van der Waals surface area contributed by atoms with Gasteiger partial charge >= 0.3 is 0 Å². The van der Waals surface area contributed by atoms with Crippen LogP contribution in [0.3, 0.4) is 0 Å². The SMILES string of the molecule is Oc1ccc2c(c1O)OC[C@@H]1c3cc4c(cc3O[C@H]21)OCO4. The second-order valence-corrected chi connectivity index (χ2v) is 5.55. The fourth-order valence-corrected chi connectivity index (χ4v) is 3.30. The Bertz CT molecular complexity index is 800. The number of phenolic OH excluding ortho intramolecular Hbond substituents is 2. The fourth-order valence-electron chi connectivity index (χ4n) is 3.30. The molecule has 6 heteroatoms. The lowest BCUT2D eigenvalue weighted by Gasteiger charge is -2.28. The lowest BCUT2D eigenvalue weighted by molar-refractivity contribution is 0.134. The van der Waals surface area contributed by atoms with Crippen molar-refractivity contribution in [3.05, 3.63) is 35.4 Å². The summed E-state index contributed by atoms with van der Waals surface area (Å²) < 4.78 is 22.5. The molecule has 2 aromatic carbocycles. The number of benzene rings is 2. The highest BCUT2D eigenvalue weighted by molar-refractivity contribution is 5.60. The first-order valence-electron chi connectivity index (χ1n) is 7.00. The van der Waals surface area contributed by atoms with Crippen LogP contribution in [0.1, 0.15) is 23.1 Å². The van der Waals surface area contributed by atoms with Gasteiger partial charge in [0.2, 0.25) is 12.5 Å². The van der Waals surface area contributed by atoms with Crippen LogP contribution in [0.4, 0.5) is 0 Å². The number of aromatic hydroxyl groups is 2. The van der Waals surface area contributed by atoms with E-state index in [9.17, 15) is 10.2 Å². The standard InChI is InChI=1S/C16H12O6/c17-10-2-1-7-15-9(5-19-16(7)14(10)18)8-3-12-13(21-6-20-12)4-11(8)22-15/h1-4,9,15,17-18H,5-6H2/t9-,15-/m1/s1. The average Bonchev–Trinajstić information content (AvgIpc) is 3.11. The molecule has 0 spiro atoms. The molecule has 0 saturated carbocycles. The van der Waals surface area contributed by atoms with E-state index in [0.717, 1.165) is 16.9 Å². The van der Waals surface area contributed by atoms with Gasteiger partial charge in [0, 0.05) is 17.2 Å². The first-order valence-corrected chi connectivity index (χ1v) is 7.00. The Morgan fingerprint density at radius 1 is 0.909 bits per heavy atom. The Morgan fingerprint density at radius 2 is 1.73 bits per heavy atom. The maximum atomic E-state index is 9.95. The molecule has 0 aromatic heterocycles. The molecule has 0 fully saturated rings. The summed E-state index contributed by atoms with van der Waals surface area (Å²) in [6.07, 6.45) is -0.257. The first-order chi connectivity index (χ1) is 10.7. The normalized spacial score (nSPS) is 23.1. The molecule has 2 atom stereocenters. The molecule has 22 heavy (non-hydrogen) atoms. The van der Waals surface area contributed by atoms with Gasteiger partial charge in [0.1, 0.15) is 11.9 Å². The fraction of sp³-hybridized carbons (Fsp3) is 0.250. The maximum absolute atomic E-state index is 9.95. The van der Waals surface area contributed by atoms with Crippen LogP contribution in [0.15, 0.2) is 24.3 Å². The van der Waals surface area contributed by atoms with Gasteiger partial charge in [-0.3, -0.25) is 0 Å². The van der Waals surface area contributed by atoms with Crippen LogP contribution in [-0.4, -0.2) is 23.6 Å². The summed E-state index contributed by atoms with van der Waals surface area (Å²) in [7, 11) is 0. The zero-order valence-corrected chi connectivity index (χ0v) is 11.4. The van der Waals surface area contributed by atoms with Crippen LogP contribution in [0.25, 0.3) is 0 Å². The number of rotatable bonds is 0. The van der Waals surface area contributed by atoms with Crippen LogP contribution in [0.2, 0.25) is 0 Å². The van der Waals surface area contributed by atoms with Crippen molar-refractivity contribution in [1.29, 1.82) is 0 Å². The second kappa shape index (κ2) is 3.91.